The molecule has 8 heteroatoms. The summed E-state index contributed by atoms with van der Waals surface area (Å²) in [5.41, 5.74) is -3.33. The Kier molecular flexibility index (Phi) is 3.88. The van der Waals surface area contributed by atoms with Crippen molar-refractivity contribution in [3.8, 4) is 0 Å². The van der Waals surface area contributed by atoms with Crippen LogP contribution in [0.1, 0.15) is 16.7 Å². The molecule has 0 aromatic heterocycles. The second kappa shape index (κ2) is 4.87. The van der Waals surface area contributed by atoms with E-state index in [1.807, 2.05) is 0 Å². The van der Waals surface area contributed by atoms with Gasteiger partial charge in [-0.15, -0.1) is 0 Å². The van der Waals surface area contributed by atoms with Gasteiger partial charge in [0.05, 0.1) is 11.1 Å². The van der Waals surface area contributed by atoms with Crippen molar-refractivity contribution >= 4 is 6.47 Å². The van der Waals surface area contributed by atoms with Crippen LogP contribution >= 0.6 is 0 Å². The van der Waals surface area contributed by atoms with Gasteiger partial charge in [0.15, 0.2) is 0 Å². The van der Waals surface area contributed by atoms with E-state index in [0.29, 0.717) is 12.1 Å². The molecule has 2 nitrogen and oxygen atoms in total. The molecular weight excluding hydrogens is 266 g/mol. The fourth-order valence-electron chi connectivity index (χ4n) is 1.22. The first-order valence-electron chi connectivity index (χ1n) is 4.42. The summed E-state index contributed by atoms with van der Waals surface area (Å²) in [5.74, 6) is 0. The lowest BCUT2D eigenvalue weighted by Crippen LogP contribution is -2.12. The quantitative estimate of drug-likeness (QED) is 0.788. The first-order chi connectivity index (χ1) is 8.14. The van der Waals surface area contributed by atoms with Gasteiger partial charge in [0.25, 0.3) is 0 Å². The normalized spacial score (nSPS) is 12.3. The zero-order valence-corrected chi connectivity index (χ0v) is 8.52. The lowest BCUT2D eigenvalue weighted by molar-refractivity contribution is -0.143. The average molecular weight is 271 g/mol. The van der Waals surface area contributed by atoms with Gasteiger partial charge in [0.1, 0.15) is 6.61 Å². The smallest absolute Gasteiger partial charge is 0.417 e. The molecule has 0 atom stereocenters. The predicted octanol–water partition coefficient (Wildman–Crippen LogP) is 3.31. The minimum Gasteiger partial charge on any atom is -0.452 e. The average Bonchev–Trinajstić information content (AvgIpc) is 2.23. The second-order valence-electron chi connectivity index (χ2n) is 3.29. The van der Waals surface area contributed by atoms with Gasteiger partial charge in [-0.05, 0) is 23.8 Å². The van der Waals surface area contributed by atoms with Crippen molar-refractivity contribution in [3.05, 3.63) is 34.9 Å². The van der Waals surface area contributed by atoms with Gasteiger partial charge in [-0.3, -0.25) is 0 Å². The predicted molar refractivity (Wildman–Crippen MR) is 46.9 cm³/mol. The van der Waals surface area contributed by atoms with Crippen LogP contribution in [0.3, 0.4) is 0 Å². The standard InChI is InChI=1S/C10H5F6O2/c11-9(12,13)7-1-6(4-18-5-17)2-8(3-7)10(14,15)16/h1-3H,4H2. The number of halogens is 6. The van der Waals surface area contributed by atoms with Crippen molar-refractivity contribution in [1.29, 1.82) is 0 Å². The van der Waals surface area contributed by atoms with Crippen LogP contribution in [-0.4, -0.2) is 6.47 Å². The fraction of sp³-hybridized carbons (Fsp3) is 0.300. The van der Waals surface area contributed by atoms with Gasteiger partial charge in [-0.2, -0.15) is 26.3 Å². The summed E-state index contributed by atoms with van der Waals surface area (Å²) < 4.78 is 78.3. The molecule has 0 aliphatic carbocycles. The van der Waals surface area contributed by atoms with Crippen LogP contribution in [0.15, 0.2) is 18.2 Å². The molecule has 0 amide bonds. The van der Waals surface area contributed by atoms with Crippen LogP contribution in [0, 0.1) is 0 Å². The van der Waals surface area contributed by atoms with E-state index in [1.54, 1.807) is 0 Å². The highest BCUT2D eigenvalue weighted by molar-refractivity contribution is 5.39. The second-order valence-corrected chi connectivity index (χ2v) is 3.29. The molecule has 0 heterocycles. The third kappa shape index (κ3) is 3.64. The third-order valence-corrected chi connectivity index (χ3v) is 1.95. The van der Waals surface area contributed by atoms with Gasteiger partial charge in [0, 0.05) is 0 Å². The number of hydrogen-bond donors (Lipinski definition) is 0. The summed E-state index contributed by atoms with van der Waals surface area (Å²) in [6.07, 6.45) is -9.83. The van der Waals surface area contributed by atoms with Crippen LogP contribution in [0.2, 0.25) is 0 Å². The van der Waals surface area contributed by atoms with Crippen LogP contribution < -0.4 is 0 Å². The first-order valence-corrected chi connectivity index (χ1v) is 4.42. The molecule has 0 saturated heterocycles. The Morgan fingerprint density at radius 1 is 0.944 bits per heavy atom. The van der Waals surface area contributed by atoms with Crippen molar-refractivity contribution < 1.29 is 35.9 Å². The topological polar surface area (TPSA) is 26.3 Å². The number of rotatable bonds is 3. The van der Waals surface area contributed by atoms with Crippen molar-refractivity contribution in [2.24, 2.45) is 0 Å². The zero-order chi connectivity index (χ0) is 14.0. The van der Waals surface area contributed by atoms with E-state index in [0.717, 1.165) is 6.47 Å². The van der Waals surface area contributed by atoms with Crippen LogP contribution in [0.25, 0.3) is 0 Å². The Hall–Kier alpha value is -1.73. The fourth-order valence-corrected chi connectivity index (χ4v) is 1.22. The van der Waals surface area contributed by atoms with Crippen molar-refractivity contribution in [1.82, 2.24) is 0 Å². The molecule has 0 aliphatic rings. The minimum atomic E-state index is -4.92. The molecule has 0 unspecified atom stereocenters. The molecule has 0 bridgehead atoms. The zero-order valence-electron chi connectivity index (χ0n) is 8.52. The van der Waals surface area contributed by atoms with E-state index in [1.165, 1.54) is 0 Å². The van der Waals surface area contributed by atoms with Crippen LogP contribution in [-0.2, 0) is 28.5 Å². The van der Waals surface area contributed by atoms with Gasteiger partial charge in [0.2, 0.25) is 0 Å². The number of ether oxygens (including phenoxy) is 1. The molecule has 0 aliphatic heterocycles. The van der Waals surface area contributed by atoms with Crippen LogP contribution in [0.5, 0.6) is 0 Å². The molecule has 0 fully saturated rings. The Bertz CT molecular complexity index is 403. The van der Waals surface area contributed by atoms with E-state index >= 15 is 0 Å². The minimum absolute atomic E-state index is 0.00583. The van der Waals surface area contributed by atoms with E-state index in [-0.39, 0.29) is 6.07 Å². The molecule has 1 aromatic rings. The van der Waals surface area contributed by atoms with Gasteiger partial charge < -0.3 is 4.74 Å². The summed E-state index contributed by atoms with van der Waals surface area (Å²) in [6, 6.07) is 0.952. The van der Waals surface area contributed by atoms with E-state index in [4.69, 9.17) is 0 Å². The Morgan fingerprint density at radius 2 is 1.39 bits per heavy atom. The third-order valence-electron chi connectivity index (χ3n) is 1.95. The molecule has 1 aromatic carbocycles. The molecule has 1 rings (SSSR count). The monoisotopic (exact) mass is 271 g/mol. The van der Waals surface area contributed by atoms with Crippen molar-refractivity contribution in [3.63, 3.8) is 0 Å². The van der Waals surface area contributed by atoms with Crippen LogP contribution in [0.4, 0.5) is 26.3 Å². The molecule has 99 valence electrons. The summed E-state index contributed by atoms with van der Waals surface area (Å²) in [6.45, 7) is 0.208. The van der Waals surface area contributed by atoms with E-state index in [2.05, 4.69) is 4.74 Å². The first kappa shape index (κ1) is 14.3. The summed E-state index contributed by atoms with van der Waals surface area (Å²) in [4.78, 5) is 9.75. The largest absolute Gasteiger partial charge is 0.452 e. The lowest BCUT2D eigenvalue weighted by Gasteiger charge is -2.13. The number of carbonyl (C=O) groups excluding carboxylic acids is 1. The van der Waals surface area contributed by atoms with E-state index in [9.17, 15) is 31.1 Å². The molecule has 0 saturated carbocycles. The Balaban J connectivity index is 3.24. The highest BCUT2D eigenvalue weighted by Gasteiger charge is 2.36. The van der Waals surface area contributed by atoms with Crippen molar-refractivity contribution in [2.45, 2.75) is 19.0 Å². The maximum absolute atomic E-state index is 12.4. The Morgan fingerprint density at radius 3 is 1.72 bits per heavy atom. The highest BCUT2D eigenvalue weighted by atomic mass is 19.4. The summed E-state index contributed by atoms with van der Waals surface area (Å²) in [5, 5.41) is 0. The molecule has 0 N–H and O–H groups in total. The lowest BCUT2D eigenvalue weighted by atomic mass is 10.1. The number of hydrogen-bond acceptors (Lipinski definition) is 2. The Labute approximate surface area is 97.2 Å². The summed E-state index contributed by atoms with van der Waals surface area (Å²) >= 11 is 0. The van der Waals surface area contributed by atoms with Crippen molar-refractivity contribution in [2.75, 3.05) is 0 Å². The van der Waals surface area contributed by atoms with E-state index < -0.39 is 35.6 Å². The summed E-state index contributed by atoms with van der Waals surface area (Å²) in [7, 11) is 0. The van der Waals surface area contributed by atoms with Gasteiger partial charge in [-0.25, -0.2) is 4.79 Å². The SMILES string of the molecule is O=[C]OCc1cc(C(F)(F)F)cc(C(F)(F)F)c1. The maximum atomic E-state index is 12.4. The molecular formula is C10H5F6O2. The molecule has 0 spiro atoms. The maximum Gasteiger partial charge on any atom is 0.417 e. The molecule has 18 heavy (non-hydrogen) atoms. The van der Waals surface area contributed by atoms with Gasteiger partial charge in [-0.1, -0.05) is 0 Å². The number of alkyl halides is 6. The van der Waals surface area contributed by atoms with Gasteiger partial charge >= 0.3 is 18.8 Å². The highest BCUT2D eigenvalue weighted by Crippen LogP contribution is 2.36. The number of benzene rings is 1. The molecule has 1 radical (unpaired) electrons.